The molecule has 0 aliphatic rings. The molecular weight excluding hydrogens is 434 g/mol. The Morgan fingerprint density at radius 2 is 1.88 bits per heavy atom. The van der Waals surface area contributed by atoms with E-state index in [1.54, 1.807) is 4.40 Å². The molecule has 1 aromatic carbocycles. The number of aromatic nitrogens is 4. The third-order valence-corrected chi connectivity index (χ3v) is 6.91. The number of para-hydroxylation sites is 1. The fraction of sp³-hybridized carbons (Fsp3) is 0.360. The predicted octanol–water partition coefficient (Wildman–Crippen LogP) is 4.24. The van der Waals surface area contributed by atoms with Crippen LogP contribution >= 0.6 is 11.3 Å². The van der Waals surface area contributed by atoms with Gasteiger partial charge in [0.15, 0.2) is 4.96 Å². The maximum Gasteiger partial charge on any atom is 0.268 e. The number of hydrogen-bond donors (Lipinski definition) is 1. The Bertz CT molecular complexity index is 1400. The van der Waals surface area contributed by atoms with Gasteiger partial charge in [-0.1, -0.05) is 32.0 Å². The zero-order chi connectivity index (χ0) is 23.9. The van der Waals surface area contributed by atoms with Crippen LogP contribution in [0.3, 0.4) is 0 Å². The van der Waals surface area contributed by atoms with Gasteiger partial charge in [0, 0.05) is 22.8 Å². The van der Waals surface area contributed by atoms with E-state index in [-0.39, 0.29) is 23.9 Å². The summed E-state index contributed by atoms with van der Waals surface area (Å²) < 4.78 is 3.41. The number of thiazole rings is 1. The first-order chi connectivity index (χ1) is 15.7. The molecule has 0 aliphatic heterocycles. The predicted molar refractivity (Wildman–Crippen MR) is 132 cm³/mol. The van der Waals surface area contributed by atoms with E-state index in [4.69, 9.17) is 5.10 Å². The molecule has 0 fully saturated rings. The Hall–Kier alpha value is -3.26. The average molecular weight is 464 g/mol. The number of fused-ring (bicyclic) bond motifs is 1. The topological polar surface area (TPSA) is 81.3 Å². The molecule has 0 aliphatic carbocycles. The summed E-state index contributed by atoms with van der Waals surface area (Å²) in [5.74, 6) is 0.225. The fourth-order valence-corrected chi connectivity index (χ4v) is 4.73. The van der Waals surface area contributed by atoms with E-state index in [1.807, 2.05) is 68.1 Å². The Balaban J connectivity index is 1.77. The summed E-state index contributed by atoms with van der Waals surface area (Å²) in [6.45, 7) is 11.9. The van der Waals surface area contributed by atoms with Gasteiger partial charge in [0.25, 0.3) is 5.56 Å². The zero-order valence-corrected chi connectivity index (χ0v) is 20.7. The lowest BCUT2D eigenvalue weighted by Crippen LogP contribution is -2.37. The molecule has 0 unspecified atom stereocenters. The summed E-state index contributed by atoms with van der Waals surface area (Å²) in [5, 5.41) is 9.61. The minimum absolute atomic E-state index is 0.0587. The standard InChI is InChI=1S/C25H29N5O2S/c1-14(2)17(5)26-22(31)12-19-13-33-25-27-18(6)23(24(32)29(19)25)20-11-16(4)30(28-20)21-10-8-7-9-15(21)3/h7-11,13-14,17H,12H2,1-6H3,(H,26,31)/t17-/m1/s1. The zero-order valence-electron chi connectivity index (χ0n) is 19.8. The highest BCUT2D eigenvalue weighted by atomic mass is 32.1. The average Bonchev–Trinajstić information content (AvgIpc) is 3.31. The number of rotatable bonds is 6. The molecule has 0 saturated heterocycles. The smallest absolute Gasteiger partial charge is 0.268 e. The Morgan fingerprint density at radius 3 is 2.58 bits per heavy atom. The molecule has 8 heteroatoms. The van der Waals surface area contributed by atoms with E-state index in [1.165, 1.54) is 11.3 Å². The number of amides is 1. The van der Waals surface area contributed by atoms with E-state index in [9.17, 15) is 9.59 Å². The van der Waals surface area contributed by atoms with Gasteiger partial charge in [0.05, 0.1) is 23.4 Å². The summed E-state index contributed by atoms with van der Waals surface area (Å²) in [5.41, 5.74) is 5.09. The normalized spacial score (nSPS) is 12.5. The van der Waals surface area contributed by atoms with Crippen molar-refractivity contribution in [3.8, 4) is 16.9 Å². The van der Waals surface area contributed by atoms with E-state index in [0.29, 0.717) is 33.5 Å². The third kappa shape index (κ3) is 4.35. The number of nitrogens with zero attached hydrogens (tertiary/aromatic N) is 4. The van der Waals surface area contributed by atoms with E-state index < -0.39 is 0 Å². The SMILES string of the molecule is Cc1ccccc1-n1nc(-c2c(C)nc3scc(CC(=O)N[C@H](C)C(C)C)n3c2=O)cc1C. The van der Waals surface area contributed by atoms with Crippen LogP contribution in [0.25, 0.3) is 21.9 Å². The van der Waals surface area contributed by atoms with Crippen LogP contribution < -0.4 is 10.9 Å². The first-order valence-corrected chi connectivity index (χ1v) is 12.0. The molecule has 0 saturated carbocycles. The van der Waals surface area contributed by atoms with Gasteiger partial charge in [-0.25, -0.2) is 9.67 Å². The highest BCUT2D eigenvalue weighted by molar-refractivity contribution is 7.15. The molecule has 4 rings (SSSR count). The van der Waals surface area contributed by atoms with Gasteiger partial charge in [-0.3, -0.25) is 14.0 Å². The molecule has 0 bridgehead atoms. The maximum atomic E-state index is 13.6. The molecule has 0 radical (unpaired) electrons. The van der Waals surface area contributed by atoms with E-state index >= 15 is 0 Å². The van der Waals surface area contributed by atoms with Crippen molar-refractivity contribution in [2.24, 2.45) is 5.92 Å². The van der Waals surface area contributed by atoms with Crippen LogP contribution in [0.4, 0.5) is 0 Å². The number of hydrogen-bond acceptors (Lipinski definition) is 5. The summed E-state index contributed by atoms with van der Waals surface area (Å²) >= 11 is 1.37. The monoisotopic (exact) mass is 463 g/mol. The number of benzene rings is 1. The third-order valence-electron chi connectivity index (χ3n) is 6.04. The van der Waals surface area contributed by atoms with Crippen molar-refractivity contribution in [3.63, 3.8) is 0 Å². The van der Waals surface area contributed by atoms with Gasteiger partial charge < -0.3 is 5.32 Å². The second kappa shape index (κ2) is 8.94. The van der Waals surface area contributed by atoms with E-state index in [0.717, 1.165) is 16.9 Å². The highest BCUT2D eigenvalue weighted by Crippen LogP contribution is 2.24. The molecule has 1 atom stereocenters. The van der Waals surface area contributed by atoms with Crippen molar-refractivity contribution in [1.29, 1.82) is 0 Å². The molecule has 3 aromatic heterocycles. The Morgan fingerprint density at radius 1 is 1.15 bits per heavy atom. The van der Waals surface area contributed by atoms with Gasteiger partial charge in [0.2, 0.25) is 5.91 Å². The minimum atomic E-state index is -0.201. The second-order valence-electron chi connectivity index (χ2n) is 8.87. The lowest BCUT2D eigenvalue weighted by molar-refractivity contribution is -0.121. The highest BCUT2D eigenvalue weighted by Gasteiger charge is 2.21. The minimum Gasteiger partial charge on any atom is -0.353 e. The van der Waals surface area contributed by atoms with E-state index in [2.05, 4.69) is 24.1 Å². The molecule has 172 valence electrons. The van der Waals surface area contributed by atoms with Gasteiger partial charge >= 0.3 is 0 Å². The van der Waals surface area contributed by atoms with Crippen molar-refractivity contribution >= 4 is 22.2 Å². The van der Waals surface area contributed by atoms with Crippen LogP contribution in [-0.4, -0.2) is 31.1 Å². The number of carbonyl (C=O) groups is 1. The summed E-state index contributed by atoms with van der Waals surface area (Å²) in [4.78, 5) is 31.4. The number of aryl methyl sites for hydroxylation is 3. The van der Waals surface area contributed by atoms with Crippen LogP contribution in [0, 0.1) is 26.7 Å². The van der Waals surface area contributed by atoms with Crippen molar-refractivity contribution in [2.45, 2.75) is 54.0 Å². The molecule has 33 heavy (non-hydrogen) atoms. The fourth-order valence-electron chi connectivity index (χ4n) is 3.80. The van der Waals surface area contributed by atoms with Crippen molar-refractivity contribution < 1.29 is 4.79 Å². The van der Waals surface area contributed by atoms with Gasteiger partial charge in [-0.15, -0.1) is 11.3 Å². The maximum absolute atomic E-state index is 13.6. The molecule has 4 aromatic rings. The quantitative estimate of drug-likeness (QED) is 0.464. The number of carbonyl (C=O) groups excluding carboxylic acids is 1. The summed E-state index contributed by atoms with van der Waals surface area (Å²) in [6, 6.07) is 9.97. The van der Waals surface area contributed by atoms with Crippen molar-refractivity contribution in [2.75, 3.05) is 0 Å². The molecule has 3 heterocycles. The summed E-state index contributed by atoms with van der Waals surface area (Å²) in [6.07, 6.45) is 0.123. The Labute approximate surface area is 197 Å². The van der Waals surface area contributed by atoms with Gasteiger partial charge in [-0.05, 0) is 51.3 Å². The molecule has 7 nitrogen and oxygen atoms in total. The molecule has 1 N–H and O–H groups in total. The van der Waals surface area contributed by atoms with Gasteiger partial charge in [-0.2, -0.15) is 5.10 Å². The largest absolute Gasteiger partial charge is 0.353 e. The first kappa shape index (κ1) is 22.9. The van der Waals surface area contributed by atoms with Crippen LogP contribution in [-0.2, 0) is 11.2 Å². The molecule has 0 spiro atoms. The van der Waals surface area contributed by atoms with Crippen molar-refractivity contribution in [1.82, 2.24) is 24.5 Å². The lowest BCUT2D eigenvalue weighted by Gasteiger charge is -2.17. The van der Waals surface area contributed by atoms with Crippen LogP contribution in [0.15, 0.2) is 40.5 Å². The lowest BCUT2D eigenvalue weighted by atomic mass is 10.1. The molecular formula is C25H29N5O2S. The van der Waals surface area contributed by atoms with Gasteiger partial charge in [0.1, 0.15) is 5.69 Å². The van der Waals surface area contributed by atoms with Crippen molar-refractivity contribution in [3.05, 3.63) is 68.7 Å². The van der Waals surface area contributed by atoms with Crippen LogP contribution in [0.2, 0.25) is 0 Å². The van der Waals surface area contributed by atoms with Crippen LogP contribution in [0.1, 0.15) is 43.4 Å². The second-order valence-corrected chi connectivity index (χ2v) is 9.71. The Kier molecular flexibility index (Phi) is 6.21. The first-order valence-electron chi connectivity index (χ1n) is 11.1. The summed E-state index contributed by atoms with van der Waals surface area (Å²) in [7, 11) is 0. The molecule has 1 amide bonds. The van der Waals surface area contributed by atoms with Crippen LogP contribution in [0.5, 0.6) is 0 Å². The number of nitrogens with one attached hydrogen (secondary N) is 1.